The molecule has 0 radical (unpaired) electrons. The van der Waals surface area contributed by atoms with Crippen LogP contribution in [-0.2, 0) is 0 Å². The van der Waals surface area contributed by atoms with E-state index < -0.39 is 0 Å². The molecule has 0 saturated carbocycles. The van der Waals surface area contributed by atoms with Gasteiger partial charge in [0, 0.05) is 34.6 Å². The van der Waals surface area contributed by atoms with E-state index in [1.165, 1.54) is 0 Å². The molecular formula is C17H14N2O. The van der Waals surface area contributed by atoms with Crippen LogP contribution in [0.5, 0.6) is 0 Å². The monoisotopic (exact) mass is 262 g/mol. The fourth-order valence-electron chi connectivity index (χ4n) is 2.36. The molecule has 20 heavy (non-hydrogen) atoms. The molecule has 0 atom stereocenters. The second-order valence-electron chi connectivity index (χ2n) is 4.75. The van der Waals surface area contributed by atoms with Crippen LogP contribution in [0.2, 0.25) is 0 Å². The Morgan fingerprint density at radius 3 is 2.65 bits per heavy atom. The first-order valence-corrected chi connectivity index (χ1v) is 6.41. The molecule has 0 unspecified atom stereocenters. The average Bonchev–Trinajstić information content (AvgIpc) is 2.49. The van der Waals surface area contributed by atoms with Gasteiger partial charge < -0.3 is 5.73 Å². The van der Waals surface area contributed by atoms with Gasteiger partial charge in [0.2, 0.25) is 0 Å². The lowest BCUT2D eigenvalue weighted by Crippen LogP contribution is -2.06. The van der Waals surface area contributed by atoms with Crippen molar-refractivity contribution in [3.8, 4) is 0 Å². The lowest BCUT2D eigenvalue weighted by Gasteiger charge is -2.09. The smallest absolute Gasteiger partial charge is 0.194 e. The highest BCUT2D eigenvalue weighted by Crippen LogP contribution is 2.23. The fraction of sp³-hybridized carbons (Fsp3) is 0.0588. The van der Waals surface area contributed by atoms with Gasteiger partial charge in [-0.1, -0.05) is 30.3 Å². The molecule has 98 valence electrons. The molecule has 3 nitrogen and oxygen atoms in total. The van der Waals surface area contributed by atoms with Gasteiger partial charge in [-0.3, -0.25) is 9.78 Å². The Morgan fingerprint density at radius 2 is 1.80 bits per heavy atom. The third-order valence-electron chi connectivity index (χ3n) is 3.55. The van der Waals surface area contributed by atoms with Crippen molar-refractivity contribution >= 4 is 22.2 Å². The number of benzene rings is 2. The van der Waals surface area contributed by atoms with E-state index in [0.717, 1.165) is 16.3 Å². The predicted molar refractivity (Wildman–Crippen MR) is 80.8 cm³/mol. The van der Waals surface area contributed by atoms with Gasteiger partial charge in [0.15, 0.2) is 5.78 Å². The predicted octanol–water partition coefficient (Wildman–Crippen LogP) is 3.36. The molecule has 1 heterocycles. The first-order valence-electron chi connectivity index (χ1n) is 6.41. The Balaban J connectivity index is 2.21. The molecule has 2 aromatic carbocycles. The van der Waals surface area contributed by atoms with Crippen LogP contribution < -0.4 is 5.73 Å². The quantitative estimate of drug-likeness (QED) is 0.569. The zero-order valence-corrected chi connectivity index (χ0v) is 11.1. The number of aromatic nitrogens is 1. The number of ketones is 1. The summed E-state index contributed by atoms with van der Waals surface area (Å²) in [6, 6.07) is 13.0. The van der Waals surface area contributed by atoms with Gasteiger partial charge in [-0.15, -0.1) is 0 Å². The van der Waals surface area contributed by atoms with E-state index in [1.807, 2.05) is 37.3 Å². The van der Waals surface area contributed by atoms with Gasteiger partial charge in [0.05, 0.1) is 0 Å². The molecule has 1 aromatic heterocycles. The Labute approximate surface area is 117 Å². The van der Waals surface area contributed by atoms with Crippen LogP contribution in [0.3, 0.4) is 0 Å². The molecule has 0 saturated heterocycles. The molecule has 0 aliphatic carbocycles. The number of rotatable bonds is 2. The first kappa shape index (κ1) is 12.4. The number of hydrogen-bond acceptors (Lipinski definition) is 3. The van der Waals surface area contributed by atoms with Crippen molar-refractivity contribution < 1.29 is 4.79 Å². The molecule has 0 amide bonds. The summed E-state index contributed by atoms with van der Waals surface area (Å²) in [4.78, 5) is 16.9. The first-order chi connectivity index (χ1) is 9.68. The molecule has 3 rings (SSSR count). The van der Waals surface area contributed by atoms with Gasteiger partial charge in [0.1, 0.15) is 0 Å². The zero-order valence-electron chi connectivity index (χ0n) is 11.1. The molecule has 0 aliphatic rings. The lowest BCUT2D eigenvalue weighted by molar-refractivity contribution is 0.103. The number of hydrogen-bond donors (Lipinski definition) is 1. The maximum absolute atomic E-state index is 12.8. The Bertz CT molecular complexity index is 804. The Hall–Kier alpha value is -2.68. The van der Waals surface area contributed by atoms with Crippen molar-refractivity contribution in [1.82, 2.24) is 4.98 Å². The minimum absolute atomic E-state index is 0.0200. The average molecular weight is 262 g/mol. The van der Waals surface area contributed by atoms with E-state index in [9.17, 15) is 4.79 Å². The highest BCUT2D eigenvalue weighted by Gasteiger charge is 2.15. The molecule has 0 aliphatic heterocycles. The number of pyridine rings is 1. The van der Waals surface area contributed by atoms with E-state index in [-0.39, 0.29) is 5.78 Å². The summed E-state index contributed by atoms with van der Waals surface area (Å²) in [5, 5.41) is 1.87. The van der Waals surface area contributed by atoms with Crippen molar-refractivity contribution in [3.05, 3.63) is 71.5 Å². The van der Waals surface area contributed by atoms with Crippen molar-refractivity contribution in [2.75, 3.05) is 5.73 Å². The topological polar surface area (TPSA) is 56.0 Å². The molecule has 0 bridgehead atoms. The second-order valence-corrected chi connectivity index (χ2v) is 4.75. The van der Waals surface area contributed by atoms with Gasteiger partial charge in [-0.25, -0.2) is 0 Å². The number of nitrogen functional groups attached to an aromatic ring is 1. The summed E-state index contributed by atoms with van der Waals surface area (Å²) in [6.07, 6.45) is 3.45. The standard InChI is InChI=1S/C17H14N2O/c1-11-13(5-3-7-16(11)18)17(20)14-6-2-4-12-8-9-19-10-15(12)14/h2-10H,18H2,1H3. The van der Waals surface area contributed by atoms with Gasteiger partial charge in [-0.2, -0.15) is 0 Å². The molecule has 2 N–H and O–H groups in total. The highest BCUT2D eigenvalue weighted by atomic mass is 16.1. The van der Waals surface area contributed by atoms with E-state index >= 15 is 0 Å². The summed E-state index contributed by atoms with van der Waals surface area (Å²) < 4.78 is 0. The number of nitrogens with zero attached hydrogens (tertiary/aromatic N) is 1. The number of anilines is 1. The van der Waals surface area contributed by atoms with Crippen molar-refractivity contribution in [1.29, 1.82) is 0 Å². The minimum atomic E-state index is -0.0200. The van der Waals surface area contributed by atoms with Gasteiger partial charge >= 0.3 is 0 Å². The van der Waals surface area contributed by atoms with Crippen LogP contribution in [-0.4, -0.2) is 10.8 Å². The fourth-order valence-corrected chi connectivity index (χ4v) is 2.36. The largest absolute Gasteiger partial charge is 0.398 e. The van der Waals surface area contributed by atoms with Crippen LogP contribution in [0.15, 0.2) is 54.9 Å². The Kier molecular flexibility index (Phi) is 2.95. The summed E-state index contributed by atoms with van der Waals surface area (Å²) in [6.45, 7) is 1.87. The van der Waals surface area contributed by atoms with Crippen LogP contribution >= 0.6 is 0 Å². The van der Waals surface area contributed by atoms with Crippen LogP contribution in [0.4, 0.5) is 5.69 Å². The maximum Gasteiger partial charge on any atom is 0.194 e. The summed E-state index contributed by atoms with van der Waals surface area (Å²) in [7, 11) is 0. The van der Waals surface area contributed by atoms with E-state index in [2.05, 4.69) is 4.98 Å². The maximum atomic E-state index is 12.8. The summed E-state index contributed by atoms with van der Waals surface area (Å²) in [5.74, 6) is -0.0200. The van der Waals surface area contributed by atoms with E-state index in [4.69, 9.17) is 5.73 Å². The highest BCUT2D eigenvalue weighted by molar-refractivity contribution is 6.17. The lowest BCUT2D eigenvalue weighted by atomic mass is 9.95. The van der Waals surface area contributed by atoms with Crippen LogP contribution in [0.25, 0.3) is 10.8 Å². The SMILES string of the molecule is Cc1c(N)cccc1C(=O)c1cccc2ccncc12. The second kappa shape index (κ2) is 4.78. The number of nitrogens with two attached hydrogens (primary N) is 1. The summed E-state index contributed by atoms with van der Waals surface area (Å²) in [5.41, 5.74) is 8.63. The number of fused-ring (bicyclic) bond motifs is 1. The molecule has 3 aromatic rings. The van der Waals surface area contributed by atoms with E-state index in [1.54, 1.807) is 24.5 Å². The zero-order chi connectivity index (χ0) is 14.1. The number of carbonyl (C=O) groups excluding carboxylic acids is 1. The third-order valence-corrected chi connectivity index (χ3v) is 3.55. The van der Waals surface area contributed by atoms with E-state index in [0.29, 0.717) is 16.8 Å². The normalized spacial score (nSPS) is 10.7. The molecule has 0 spiro atoms. The van der Waals surface area contributed by atoms with Gasteiger partial charge in [-0.05, 0) is 30.0 Å². The van der Waals surface area contributed by atoms with Crippen molar-refractivity contribution in [3.63, 3.8) is 0 Å². The van der Waals surface area contributed by atoms with Crippen molar-refractivity contribution in [2.24, 2.45) is 0 Å². The summed E-state index contributed by atoms with van der Waals surface area (Å²) >= 11 is 0. The Morgan fingerprint density at radius 1 is 1.05 bits per heavy atom. The molecule has 3 heteroatoms. The van der Waals surface area contributed by atoms with Crippen LogP contribution in [0, 0.1) is 6.92 Å². The molecule has 0 fully saturated rings. The molecular weight excluding hydrogens is 248 g/mol. The van der Waals surface area contributed by atoms with Crippen molar-refractivity contribution in [2.45, 2.75) is 6.92 Å². The minimum Gasteiger partial charge on any atom is -0.398 e. The number of carbonyl (C=O) groups is 1. The van der Waals surface area contributed by atoms with Gasteiger partial charge in [0.25, 0.3) is 0 Å². The van der Waals surface area contributed by atoms with Crippen LogP contribution in [0.1, 0.15) is 21.5 Å². The third kappa shape index (κ3) is 1.93.